The van der Waals surface area contributed by atoms with E-state index in [0.29, 0.717) is 66.3 Å². The average molecular weight is 1010 g/mol. The number of benzene rings is 4. The molecule has 382 valence electrons. The monoisotopic (exact) mass is 1010 g/mol. The maximum atomic E-state index is 13.6. The lowest BCUT2D eigenvalue weighted by Gasteiger charge is -2.37. The summed E-state index contributed by atoms with van der Waals surface area (Å²) in [5.74, 6) is 0.506. The zero-order chi connectivity index (χ0) is 51.0. The van der Waals surface area contributed by atoms with Gasteiger partial charge in [0, 0.05) is 74.9 Å². The van der Waals surface area contributed by atoms with Crippen molar-refractivity contribution in [3.63, 3.8) is 0 Å². The number of anilines is 3. The number of ether oxygens (including phenoxy) is 1. The summed E-state index contributed by atoms with van der Waals surface area (Å²) in [5, 5.41) is 22.2. The molecule has 3 aliphatic heterocycles. The Morgan fingerprint density at radius 2 is 1.68 bits per heavy atom. The molecule has 16 heteroatoms. The Morgan fingerprint density at radius 3 is 2.46 bits per heavy atom. The minimum Gasteiger partial charge on any atom is -0.490 e. The molecule has 15 nitrogen and oxygen atoms in total. The van der Waals surface area contributed by atoms with Crippen LogP contribution >= 0.6 is 11.3 Å². The Balaban J connectivity index is 0.642. The zero-order valence-electron chi connectivity index (χ0n) is 42.3. The fourth-order valence-electron chi connectivity index (χ4n) is 11.8. The number of aromatic carboxylic acids is 1. The number of hydrogen-bond acceptors (Lipinski definition) is 12. The molecule has 74 heavy (non-hydrogen) atoms. The third kappa shape index (κ3) is 10.3. The summed E-state index contributed by atoms with van der Waals surface area (Å²) >= 11 is 1.44. The van der Waals surface area contributed by atoms with Crippen molar-refractivity contribution in [2.75, 3.05) is 54.4 Å². The van der Waals surface area contributed by atoms with Crippen molar-refractivity contribution >= 4 is 72.8 Å². The number of carboxylic acid groups (broad SMARTS) is 1. The van der Waals surface area contributed by atoms with Gasteiger partial charge in [0.1, 0.15) is 11.6 Å². The van der Waals surface area contributed by atoms with Crippen LogP contribution in [0.3, 0.4) is 0 Å². The Labute approximate surface area is 434 Å². The Hall–Kier alpha value is -7.17. The molecule has 3 fully saturated rings. The molecule has 2 saturated heterocycles. The van der Waals surface area contributed by atoms with Gasteiger partial charge in [-0.15, -0.1) is 0 Å². The first-order valence-electron chi connectivity index (χ1n) is 26.2. The number of carbonyl (C=O) groups is 4. The molecule has 11 rings (SSSR count). The van der Waals surface area contributed by atoms with E-state index in [4.69, 9.17) is 14.8 Å². The van der Waals surface area contributed by atoms with E-state index in [2.05, 4.69) is 50.5 Å². The summed E-state index contributed by atoms with van der Waals surface area (Å²) in [5.41, 5.74) is 8.59. The van der Waals surface area contributed by atoms with Crippen LogP contribution in [0.15, 0.2) is 91.0 Å². The quantitative estimate of drug-likeness (QED) is 0.0882. The molecule has 0 spiro atoms. The van der Waals surface area contributed by atoms with E-state index in [0.717, 1.165) is 113 Å². The van der Waals surface area contributed by atoms with E-state index in [1.54, 1.807) is 0 Å². The van der Waals surface area contributed by atoms with Gasteiger partial charge < -0.3 is 19.6 Å². The van der Waals surface area contributed by atoms with Crippen LogP contribution in [0.5, 0.6) is 5.75 Å². The van der Waals surface area contributed by atoms with Crippen molar-refractivity contribution in [2.24, 2.45) is 18.9 Å². The number of carbonyl (C=O) groups excluding carboxylic acids is 3. The number of aromatic nitrogens is 4. The van der Waals surface area contributed by atoms with E-state index in [9.17, 15) is 24.3 Å². The molecule has 0 bridgehead atoms. The minimum absolute atomic E-state index is 0.0113. The number of piperidine rings is 1. The summed E-state index contributed by atoms with van der Waals surface area (Å²) in [4.78, 5) is 67.2. The third-order valence-electron chi connectivity index (χ3n) is 15.9. The molecule has 7 aromatic rings. The topological polar surface area (TPSA) is 175 Å². The van der Waals surface area contributed by atoms with Gasteiger partial charge >= 0.3 is 5.97 Å². The predicted molar refractivity (Wildman–Crippen MR) is 289 cm³/mol. The number of nitrogens with zero attached hydrogens (tertiary/aromatic N) is 7. The minimum atomic E-state index is -1.10. The highest BCUT2D eigenvalue weighted by molar-refractivity contribution is 7.22. The number of pyridine rings is 1. The normalized spacial score (nSPS) is 19.9. The van der Waals surface area contributed by atoms with Crippen LogP contribution < -0.4 is 25.2 Å². The van der Waals surface area contributed by atoms with Crippen molar-refractivity contribution in [1.29, 1.82) is 0 Å². The molecule has 4 aliphatic rings. The Kier molecular flexibility index (Phi) is 13.9. The maximum absolute atomic E-state index is 13.6. The second kappa shape index (κ2) is 21.0. The van der Waals surface area contributed by atoms with Gasteiger partial charge in [-0.05, 0) is 160 Å². The van der Waals surface area contributed by atoms with Crippen molar-refractivity contribution in [3.05, 3.63) is 125 Å². The summed E-state index contributed by atoms with van der Waals surface area (Å²) in [6.07, 6.45) is 8.45. The first kappa shape index (κ1) is 49.1. The van der Waals surface area contributed by atoms with Gasteiger partial charge in [-0.3, -0.25) is 34.6 Å². The molecule has 1 aliphatic carbocycles. The summed E-state index contributed by atoms with van der Waals surface area (Å²) in [7, 11) is 1.92. The second-order valence-corrected chi connectivity index (χ2v) is 21.9. The highest BCUT2D eigenvalue weighted by Gasteiger charge is 2.33. The molecular formula is C58H63N9O6S. The summed E-state index contributed by atoms with van der Waals surface area (Å²) < 4.78 is 9.44. The van der Waals surface area contributed by atoms with Gasteiger partial charge in [0.2, 0.25) is 11.8 Å². The highest BCUT2D eigenvalue weighted by atomic mass is 32.1. The van der Waals surface area contributed by atoms with Crippen LogP contribution in [0.1, 0.15) is 107 Å². The van der Waals surface area contributed by atoms with Gasteiger partial charge in [0.25, 0.3) is 5.91 Å². The smallest absolute Gasteiger partial charge is 0.355 e. The standard InChI is InChI=1S/C58H63N9O6S/c1-35(23-25-65-27-29-66(30-28-65)39-13-17-45-49(33-39)64(3)63-53(45)46-20-22-52(68)61-56(46)70)31-37-11-14-40(15-12-37)73-41-16-18-42(36(2)32-41)43-19-21-51(60-54(43)57(71)72)67-26-24-38-7-6-8-44(47(38)34-67)55(69)62-58-59-48-9-4-5-10-50(48)74-58/h4-10,13,16-19,21,32-33,35,37,40,46H,11-12,14-15,20,22-31,34H2,1-3H3,(H,71,72)(H,59,62,69)(H,61,68,70)/t35-,37?,40?,46?/m0/s1. The van der Waals surface area contributed by atoms with Gasteiger partial charge in [0.05, 0.1) is 33.4 Å². The molecule has 3 N–H and O–H groups in total. The number of hydrogen-bond donors (Lipinski definition) is 3. The van der Waals surface area contributed by atoms with Gasteiger partial charge in [-0.25, -0.2) is 14.8 Å². The number of carboxylic acids is 1. The molecule has 3 aromatic heterocycles. The summed E-state index contributed by atoms with van der Waals surface area (Å²) in [6.45, 7) is 10.5. The van der Waals surface area contributed by atoms with Crippen LogP contribution in [0.25, 0.3) is 32.2 Å². The first-order chi connectivity index (χ1) is 35.9. The lowest BCUT2D eigenvalue weighted by Crippen LogP contribution is -2.46. The number of fused-ring (bicyclic) bond motifs is 3. The third-order valence-corrected chi connectivity index (χ3v) is 16.8. The molecule has 2 atom stereocenters. The lowest BCUT2D eigenvalue weighted by atomic mass is 9.81. The van der Waals surface area contributed by atoms with Gasteiger partial charge in [-0.1, -0.05) is 48.6 Å². The van der Waals surface area contributed by atoms with Gasteiger partial charge in [0.15, 0.2) is 10.8 Å². The molecule has 3 amide bonds. The number of imide groups is 1. The van der Waals surface area contributed by atoms with E-state index >= 15 is 0 Å². The van der Waals surface area contributed by atoms with Crippen molar-refractivity contribution in [2.45, 2.75) is 90.2 Å². The fraction of sp³-hybridized carbons (Fsp3) is 0.397. The average Bonchev–Trinajstić information content (AvgIpc) is 3.97. The Morgan fingerprint density at radius 1 is 0.865 bits per heavy atom. The molecule has 0 radical (unpaired) electrons. The van der Waals surface area contributed by atoms with E-state index in [1.807, 2.05) is 96.3 Å². The fourth-order valence-corrected chi connectivity index (χ4v) is 12.6. The van der Waals surface area contributed by atoms with Crippen LogP contribution in [-0.4, -0.2) is 98.8 Å². The van der Waals surface area contributed by atoms with Crippen LogP contribution in [0.4, 0.5) is 16.6 Å². The van der Waals surface area contributed by atoms with E-state index < -0.39 is 11.9 Å². The number of aryl methyl sites for hydroxylation is 2. The largest absolute Gasteiger partial charge is 0.490 e. The number of piperazine rings is 1. The SMILES string of the molecule is Cc1cc(OC2CCC(C[C@@H](C)CCN3CCN(c4ccc5c(C6CCC(=O)NC6=O)nn(C)c5c4)CC3)CC2)ccc1-c1ccc(N2CCc3cccc(C(=O)Nc4nc5ccccc5s4)c3C2)nc1C(=O)O. The van der Waals surface area contributed by atoms with Gasteiger partial charge in [-0.2, -0.15) is 5.10 Å². The second-order valence-electron chi connectivity index (χ2n) is 20.8. The number of amides is 3. The molecule has 4 aromatic carbocycles. The zero-order valence-corrected chi connectivity index (χ0v) is 43.1. The number of thiazole rings is 1. The van der Waals surface area contributed by atoms with Crippen LogP contribution in [0.2, 0.25) is 0 Å². The molecular weight excluding hydrogens is 951 g/mol. The number of nitrogens with one attached hydrogen (secondary N) is 2. The number of para-hydroxylation sites is 1. The maximum Gasteiger partial charge on any atom is 0.355 e. The van der Waals surface area contributed by atoms with Crippen molar-refractivity contribution < 1.29 is 29.0 Å². The van der Waals surface area contributed by atoms with E-state index in [-0.39, 0.29) is 29.5 Å². The summed E-state index contributed by atoms with van der Waals surface area (Å²) in [6, 6.07) is 29.7. The van der Waals surface area contributed by atoms with Crippen LogP contribution in [-0.2, 0) is 29.6 Å². The van der Waals surface area contributed by atoms with Crippen molar-refractivity contribution in [1.82, 2.24) is 30.0 Å². The predicted octanol–water partition coefficient (Wildman–Crippen LogP) is 9.76. The molecule has 1 saturated carbocycles. The highest BCUT2D eigenvalue weighted by Crippen LogP contribution is 2.37. The van der Waals surface area contributed by atoms with Crippen LogP contribution in [0, 0.1) is 18.8 Å². The Bertz CT molecular complexity index is 3250. The molecule has 1 unspecified atom stereocenters. The lowest BCUT2D eigenvalue weighted by molar-refractivity contribution is -0.134. The van der Waals surface area contributed by atoms with E-state index in [1.165, 1.54) is 29.9 Å². The number of rotatable bonds is 14. The molecule has 6 heterocycles. The van der Waals surface area contributed by atoms with Crippen molar-refractivity contribution in [3.8, 4) is 16.9 Å². The first-order valence-corrected chi connectivity index (χ1v) is 27.0.